The molecule has 1 heterocycles. The maximum Gasteiger partial charge on any atom is 0.418 e. The Balaban J connectivity index is 1.84. The minimum Gasteiger partial charge on any atom is -0.478 e. The number of carbonyl (C=O) groups is 2. The Labute approximate surface area is 126 Å². The molecule has 0 bridgehead atoms. The second-order valence-electron chi connectivity index (χ2n) is 4.80. The first-order valence-corrected chi connectivity index (χ1v) is 6.70. The van der Waals surface area contributed by atoms with Gasteiger partial charge in [-0.3, -0.25) is 4.57 Å². The number of hydrogen-bond acceptors (Lipinski definition) is 3. The van der Waals surface area contributed by atoms with Crippen molar-refractivity contribution in [2.24, 2.45) is 0 Å². The Hall–Kier alpha value is -3.08. The SMILES string of the molecule is O=C(O)c1ccc2ccn(C(=O)OCc3ccccc3)c2c1. The molecule has 1 aromatic heterocycles. The fraction of sp³-hybridized carbons (Fsp3) is 0.0588. The normalized spacial score (nSPS) is 10.5. The number of aromatic carboxylic acids is 1. The molecule has 0 aliphatic rings. The van der Waals surface area contributed by atoms with Crippen molar-refractivity contribution in [2.75, 3.05) is 0 Å². The first-order chi connectivity index (χ1) is 10.6. The van der Waals surface area contributed by atoms with Crippen LogP contribution in [-0.4, -0.2) is 21.7 Å². The molecule has 5 heteroatoms. The number of aromatic nitrogens is 1. The van der Waals surface area contributed by atoms with Crippen molar-refractivity contribution in [3.63, 3.8) is 0 Å². The van der Waals surface area contributed by atoms with Gasteiger partial charge in [-0.1, -0.05) is 36.4 Å². The molecule has 0 radical (unpaired) electrons. The molecule has 22 heavy (non-hydrogen) atoms. The summed E-state index contributed by atoms with van der Waals surface area (Å²) >= 11 is 0. The molecule has 0 fully saturated rings. The molecule has 0 aliphatic carbocycles. The highest BCUT2D eigenvalue weighted by Gasteiger charge is 2.12. The van der Waals surface area contributed by atoms with Gasteiger partial charge in [0.15, 0.2) is 0 Å². The fourth-order valence-corrected chi connectivity index (χ4v) is 2.21. The Kier molecular flexibility index (Phi) is 3.62. The average molecular weight is 295 g/mol. The van der Waals surface area contributed by atoms with Gasteiger partial charge in [0.05, 0.1) is 11.1 Å². The van der Waals surface area contributed by atoms with Crippen LogP contribution < -0.4 is 0 Å². The van der Waals surface area contributed by atoms with E-state index in [-0.39, 0.29) is 12.2 Å². The standard InChI is InChI=1S/C17H13NO4/c19-16(20)14-7-6-13-8-9-18(15(13)10-14)17(21)22-11-12-4-2-1-3-5-12/h1-10H,11H2,(H,19,20). The van der Waals surface area contributed by atoms with E-state index in [0.29, 0.717) is 5.52 Å². The average Bonchev–Trinajstić information content (AvgIpc) is 2.96. The van der Waals surface area contributed by atoms with Gasteiger partial charge in [0.2, 0.25) is 0 Å². The Morgan fingerprint density at radius 1 is 1.05 bits per heavy atom. The van der Waals surface area contributed by atoms with Crippen LogP contribution in [-0.2, 0) is 11.3 Å². The molecule has 1 N–H and O–H groups in total. The zero-order valence-corrected chi connectivity index (χ0v) is 11.6. The number of nitrogens with zero attached hydrogens (tertiary/aromatic N) is 1. The van der Waals surface area contributed by atoms with Crippen LogP contribution in [0.3, 0.4) is 0 Å². The molecule has 0 saturated heterocycles. The number of hydrogen-bond donors (Lipinski definition) is 1. The fourth-order valence-electron chi connectivity index (χ4n) is 2.21. The highest BCUT2D eigenvalue weighted by atomic mass is 16.5. The van der Waals surface area contributed by atoms with E-state index in [1.54, 1.807) is 18.3 Å². The predicted octanol–water partition coefficient (Wildman–Crippen LogP) is 3.52. The van der Waals surface area contributed by atoms with Crippen molar-refractivity contribution in [3.05, 3.63) is 71.9 Å². The molecular formula is C17H13NO4. The molecular weight excluding hydrogens is 282 g/mol. The topological polar surface area (TPSA) is 68.5 Å². The first kappa shape index (κ1) is 13.9. The predicted molar refractivity (Wildman–Crippen MR) is 80.9 cm³/mol. The highest BCUT2D eigenvalue weighted by molar-refractivity contribution is 5.96. The minimum absolute atomic E-state index is 0.128. The first-order valence-electron chi connectivity index (χ1n) is 6.70. The van der Waals surface area contributed by atoms with Gasteiger partial charge in [-0.25, -0.2) is 9.59 Å². The maximum atomic E-state index is 12.2. The molecule has 0 amide bonds. The lowest BCUT2D eigenvalue weighted by atomic mass is 10.2. The summed E-state index contributed by atoms with van der Waals surface area (Å²) in [5.74, 6) is -1.03. The van der Waals surface area contributed by atoms with E-state index in [4.69, 9.17) is 9.84 Å². The summed E-state index contributed by atoms with van der Waals surface area (Å²) in [5, 5.41) is 9.82. The summed E-state index contributed by atoms with van der Waals surface area (Å²) in [7, 11) is 0. The van der Waals surface area contributed by atoms with Gasteiger partial charge < -0.3 is 9.84 Å². The molecule has 3 aromatic rings. The Bertz CT molecular complexity index is 836. The van der Waals surface area contributed by atoms with Crippen molar-refractivity contribution in [2.45, 2.75) is 6.61 Å². The lowest BCUT2D eigenvalue weighted by molar-refractivity contribution is 0.0697. The summed E-state index contributed by atoms with van der Waals surface area (Å²) in [6.07, 6.45) is 1.03. The van der Waals surface area contributed by atoms with E-state index in [2.05, 4.69) is 0 Å². The third-order valence-corrected chi connectivity index (χ3v) is 3.34. The van der Waals surface area contributed by atoms with Gasteiger partial charge in [0, 0.05) is 11.6 Å². The summed E-state index contributed by atoms with van der Waals surface area (Å²) in [6, 6.07) is 15.7. The number of carboxylic acid groups (broad SMARTS) is 1. The third kappa shape index (κ3) is 2.69. The number of fused-ring (bicyclic) bond motifs is 1. The van der Waals surface area contributed by atoms with Crippen LogP contribution in [0, 0.1) is 0 Å². The van der Waals surface area contributed by atoms with Crippen molar-refractivity contribution in [3.8, 4) is 0 Å². The molecule has 110 valence electrons. The van der Waals surface area contributed by atoms with E-state index in [9.17, 15) is 9.59 Å². The molecule has 0 aliphatic heterocycles. The largest absolute Gasteiger partial charge is 0.478 e. The zero-order valence-electron chi connectivity index (χ0n) is 11.6. The maximum absolute atomic E-state index is 12.2. The van der Waals surface area contributed by atoms with Gasteiger partial charge in [0.25, 0.3) is 0 Å². The van der Waals surface area contributed by atoms with E-state index in [0.717, 1.165) is 10.9 Å². The summed E-state index contributed by atoms with van der Waals surface area (Å²) < 4.78 is 6.57. The quantitative estimate of drug-likeness (QED) is 0.802. The summed E-state index contributed by atoms with van der Waals surface area (Å²) in [5.41, 5.74) is 1.53. The van der Waals surface area contributed by atoms with E-state index < -0.39 is 12.1 Å². The van der Waals surface area contributed by atoms with Crippen molar-refractivity contribution in [1.29, 1.82) is 0 Å². The highest BCUT2D eigenvalue weighted by Crippen LogP contribution is 2.18. The van der Waals surface area contributed by atoms with Crippen LogP contribution in [0.5, 0.6) is 0 Å². The molecule has 0 saturated carbocycles. The van der Waals surface area contributed by atoms with Crippen LogP contribution in [0.4, 0.5) is 4.79 Å². The number of ether oxygens (including phenoxy) is 1. The van der Waals surface area contributed by atoms with Gasteiger partial charge in [0.1, 0.15) is 6.61 Å². The number of benzene rings is 2. The van der Waals surface area contributed by atoms with Gasteiger partial charge in [-0.05, 0) is 23.8 Å². The number of carbonyl (C=O) groups excluding carboxylic acids is 1. The Morgan fingerprint density at radius 2 is 1.82 bits per heavy atom. The van der Waals surface area contributed by atoms with Crippen LogP contribution in [0.25, 0.3) is 10.9 Å². The second kappa shape index (κ2) is 5.73. The molecule has 3 rings (SSSR count). The van der Waals surface area contributed by atoms with E-state index in [1.165, 1.54) is 16.7 Å². The monoisotopic (exact) mass is 295 g/mol. The molecule has 5 nitrogen and oxygen atoms in total. The molecule has 0 atom stereocenters. The van der Waals surface area contributed by atoms with Gasteiger partial charge in [-0.15, -0.1) is 0 Å². The smallest absolute Gasteiger partial charge is 0.418 e. The van der Waals surface area contributed by atoms with Crippen molar-refractivity contribution < 1.29 is 19.4 Å². The van der Waals surface area contributed by atoms with Crippen molar-refractivity contribution in [1.82, 2.24) is 4.57 Å². The third-order valence-electron chi connectivity index (χ3n) is 3.34. The van der Waals surface area contributed by atoms with Crippen LogP contribution in [0.15, 0.2) is 60.8 Å². The van der Waals surface area contributed by atoms with E-state index in [1.807, 2.05) is 30.3 Å². The van der Waals surface area contributed by atoms with Crippen LogP contribution in [0.2, 0.25) is 0 Å². The second-order valence-corrected chi connectivity index (χ2v) is 4.80. The lowest BCUT2D eigenvalue weighted by Gasteiger charge is -2.07. The molecule has 2 aromatic carbocycles. The Morgan fingerprint density at radius 3 is 2.55 bits per heavy atom. The minimum atomic E-state index is -1.03. The van der Waals surface area contributed by atoms with E-state index >= 15 is 0 Å². The molecule has 0 spiro atoms. The van der Waals surface area contributed by atoms with Gasteiger partial charge >= 0.3 is 12.1 Å². The van der Waals surface area contributed by atoms with Crippen LogP contribution in [0.1, 0.15) is 15.9 Å². The zero-order chi connectivity index (χ0) is 15.5. The van der Waals surface area contributed by atoms with Gasteiger partial charge in [-0.2, -0.15) is 0 Å². The number of rotatable bonds is 3. The van der Waals surface area contributed by atoms with Crippen molar-refractivity contribution >= 4 is 23.0 Å². The van der Waals surface area contributed by atoms with Crippen LogP contribution >= 0.6 is 0 Å². The molecule has 0 unspecified atom stereocenters. The number of carboxylic acids is 1. The lowest BCUT2D eigenvalue weighted by Crippen LogP contribution is -2.12. The summed E-state index contributed by atoms with van der Waals surface area (Å²) in [6.45, 7) is 0.165. The summed E-state index contributed by atoms with van der Waals surface area (Å²) in [4.78, 5) is 23.2.